The van der Waals surface area contributed by atoms with Gasteiger partial charge in [-0.05, 0) is 30.5 Å². The molecular formula is C21H25F3N4O2. The molecule has 6 nitrogen and oxygen atoms in total. The fourth-order valence-electron chi connectivity index (χ4n) is 4.24. The molecule has 0 radical (unpaired) electrons. The number of anilines is 1. The van der Waals surface area contributed by atoms with Crippen LogP contribution in [0.3, 0.4) is 0 Å². The summed E-state index contributed by atoms with van der Waals surface area (Å²) in [4.78, 5) is 14.8. The molecule has 1 aromatic heterocycles. The second-order valence-corrected chi connectivity index (χ2v) is 7.82. The number of amides is 1. The molecule has 2 aromatic rings. The summed E-state index contributed by atoms with van der Waals surface area (Å²) in [7, 11) is 1.51. The third-order valence-electron chi connectivity index (χ3n) is 5.86. The van der Waals surface area contributed by atoms with Gasteiger partial charge in [0.2, 0.25) is 0 Å². The molecule has 3 heterocycles. The zero-order valence-corrected chi connectivity index (χ0v) is 16.8. The summed E-state index contributed by atoms with van der Waals surface area (Å²) in [6, 6.07) is 4.53. The Morgan fingerprint density at radius 3 is 2.60 bits per heavy atom. The topological polar surface area (TPSA) is 59.4 Å². The van der Waals surface area contributed by atoms with Gasteiger partial charge in [0.15, 0.2) is 6.04 Å². The SMILES string of the molecule is COc1cccc(C2CC(C(F)(F)F)n3ncc(C(=O)N4CCCCCC4)c3N2)c1. The van der Waals surface area contributed by atoms with Gasteiger partial charge in [0.25, 0.3) is 5.91 Å². The van der Waals surface area contributed by atoms with Gasteiger partial charge in [-0.1, -0.05) is 25.0 Å². The van der Waals surface area contributed by atoms with Gasteiger partial charge in [-0.3, -0.25) is 4.79 Å². The predicted molar refractivity (Wildman–Crippen MR) is 106 cm³/mol. The zero-order chi connectivity index (χ0) is 21.3. The van der Waals surface area contributed by atoms with E-state index in [0.29, 0.717) is 24.4 Å². The van der Waals surface area contributed by atoms with Crippen molar-refractivity contribution in [1.82, 2.24) is 14.7 Å². The van der Waals surface area contributed by atoms with Gasteiger partial charge in [0, 0.05) is 19.5 Å². The van der Waals surface area contributed by atoms with Crippen LogP contribution < -0.4 is 10.1 Å². The van der Waals surface area contributed by atoms with Crippen molar-refractivity contribution in [2.75, 3.05) is 25.5 Å². The fourth-order valence-corrected chi connectivity index (χ4v) is 4.24. The van der Waals surface area contributed by atoms with Crippen LogP contribution in [0.1, 0.15) is 60.1 Å². The maximum Gasteiger partial charge on any atom is 0.410 e. The molecule has 2 atom stereocenters. The average molecular weight is 422 g/mol. The summed E-state index contributed by atoms with van der Waals surface area (Å²) in [5.41, 5.74) is 0.864. The number of benzene rings is 1. The van der Waals surface area contributed by atoms with E-state index in [-0.39, 0.29) is 23.7 Å². The highest BCUT2D eigenvalue weighted by molar-refractivity contribution is 5.99. The lowest BCUT2D eigenvalue weighted by molar-refractivity contribution is -0.173. The summed E-state index contributed by atoms with van der Waals surface area (Å²) in [6.45, 7) is 1.23. The summed E-state index contributed by atoms with van der Waals surface area (Å²) in [5, 5.41) is 7.12. The third kappa shape index (κ3) is 3.97. The number of nitrogens with one attached hydrogen (secondary N) is 1. The number of carbonyl (C=O) groups excluding carboxylic acids is 1. The summed E-state index contributed by atoms with van der Waals surface area (Å²) < 4.78 is 47.7. The second kappa shape index (κ2) is 8.20. The van der Waals surface area contributed by atoms with Crippen molar-refractivity contribution in [3.8, 4) is 5.75 Å². The molecule has 0 saturated carbocycles. The minimum Gasteiger partial charge on any atom is -0.497 e. The molecule has 1 saturated heterocycles. The number of nitrogens with zero attached hydrogens (tertiary/aromatic N) is 3. The van der Waals surface area contributed by atoms with Crippen LogP contribution in [0.5, 0.6) is 5.75 Å². The molecule has 4 rings (SSSR count). The van der Waals surface area contributed by atoms with Gasteiger partial charge in [-0.2, -0.15) is 18.3 Å². The lowest BCUT2D eigenvalue weighted by Gasteiger charge is -2.34. The first kappa shape index (κ1) is 20.6. The second-order valence-electron chi connectivity index (χ2n) is 7.82. The Morgan fingerprint density at radius 2 is 1.93 bits per heavy atom. The minimum absolute atomic E-state index is 0.130. The Labute approximate surface area is 173 Å². The molecule has 1 fully saturated rings. The van der Waals surface area contributed by atoms with Crippen LogP contribution in [0.15, 0.2) is 30.5 Å². The van der Waals surface area contributed by atoms with Crippen LogP contribution >= 0.6 is 0 Å². The lowest BCUT2D eigenvalue weighted by Crippen LogP contribution is -2.37. The van der Waals surface area contributed by atoms with Crippen molar-refractivity contribution in [1.29, 1.82) is 0 Å². The number of hydrogen-bond acceptors (Lipinski definition) is 4. The number of carbonyl (C=O) groups is 1. The molecule has 1 amide bonds. The van der Waals surface area contributed by atoms with Gasteiger partial charge < -0.3 is 15.0 Å². The van der Waals surface area contributed by atoms with Crippen molar-refractivity contribution in [3.05, 3.63) is 41.6 Å². The number of ether oxygens (including phenoxy) is 1. The molecule has 2 aliphatic rings. The highest BCUT2D eigenvalue weighted by Crippen LogP contribution is 2.44. The molecule has 9 heteroatoms. The summed E-state index contributed by atoms with van der Waals surface area (Å²) in [5.74, 6) is 0.432. The van der Waals surface area contributed by atoms with Gasteiger partial charge in [0.1, 0.15) is 17.1 Å². The Hall–Kier alpha value is -2.71. The molecule has 30 heavy (non-hydrogen) atoms. The van der Waals surface area contributed by atoms with Crippen LogP contribution in [-0.4, -0.2) is 47.0 Å². The largest absolute Gasteiger partial charge is 0.497 e. The molecule has 1 aromatic carbocycles. The van der Waals surface area contributed by atoms with Crippen molar-refractivity contribution in [3.63, 3.8) is 0 Å². The quantitative estimate of drug-likeness (QED) is 0.787. The zero-order valence-electron chi connectivity index (χ0n) is 16.8. The number of aromatic nitrogens is 2. The first-order chi connectivity index (χ1) is 14.4. The number of likely N-dealkylation sites (tertiary alicyclic amines) is 1. The average Bonchev–Trinajstić information content (AvgIpc) is 2.97. The van der Waals surface area contributed by atoms with E-state index >= 15 is 0 Å². The maximum absolute atomic E-state index is 13.9. The minimum atomic E-state index is -4.48. The Kier molecular flexibility index (Phi) is 5.62. The normalized spacial score (nSPS) is 22.1. The van der Waals surface area contributed by atoms with E-state index in [1.165, 1.54) is 13.3 Å². The molecule has 0 spiro atoms. The van der Waals surface area contributed by atoms with Crippen LogP contribution in [0.25, 0.3) is 0 Å². The Bertz CT molecular complexity index is 904. The van der Waals surface area contributed by atoms with E-state index in [9.17, 15) is 18.0 Å². The fraction of sp³-hybridized carbons (Fsp3) is 0.524. The van der Waals surface area contributed by atoms with Crippen molar-refractivity contribution >= 4 is 11.7 Å². The van der Waals surface area contributed by atoms with Crippen LogP contribution in [0.4, 0.5) is 19.0 Å². The maximum atomic E-state index is 13.9. The number of alkyl halides is 3. The number of methoxy groups -OCH3 is 1. The van der Waals surface area contributed by atoms with Gasteiger partial charge in [-0.15, -0.1) is 0 Å². The number of fused-ring (bicyclic) bond motifs is 1. The molecule has 1 N–H and O–H groups in total. The molecule has 0 aliphatic carbocycles. The molecule has 0 bridgehead atoms. The highest BCUT2D eigenvalue weighted by atomic mass is 19.4. The van der Waals surface area contributed by atoms with Crippen LogP contribution in [0.2, 0.25) is 0 Å². The standard InChI is InChI=1S/C21H25F3N4O2/c1-30-15-8-6-7-14(11-15)17-12-18(21(22,23)24)28-19(26-17)16(13-25-28)20(29)27-9-4-2-3-5-10-27/h6-8,11,13,17-18,26H,2-5,9-10,12H2,1H3. The lowest BCUT2D eigenvalue weighted by atomic mass is 9.96. The van der Waals surface area contributed by atoms with Gasteiger partial charge >= 0.3 is 6.18 Å². The number of rotatable bonds is 3. The van der Waals surface area contributed by atoms with E-state index in [1.54, 1.807) is 29.2 Å². The molecule has 2 unspecified atom stereocenters. The van der Waals surface area contributed by atoms with E-state index in [4.69, 9.17) is 4.74 Å². The van der Waals surface area contributed by atoms with E-state index in [0.717, 1.165) is 30.4 Å². The van der Waals surface area contributed by atoms with Gasteiger partial charge in [0.05, 0.1) is 19.3 Å². The predicted octanol–water partition coefficient (Wildman–Crippen LogP) is 4.57. The third-order valence-corrected chi connectivity index (χ3v) is 5.86. The summed E-state index contributed by atoms with van der Waals surface area (Å²) >= 11 is 0. The van der Waals surface area contributed by atoms with E-state index in [2.05, 4.69) is 10.4 Å². The van der Waals surface area contributed by atoms with Gasteiger partial charge in [-0.25, -0.2) is 4.68 Å². The van der Waals surface area contributed by atoms with Crippen molar-refractivity contribution in [2.45, 2.75) is 50.4 Å². The first-order valence-corrected chi connectivity index (χ1v) is 10.2. The van der Waals surface area contributed by atoms with Crippen molar-refractivity contribution in [2.24, 2.45) is 0 Å². The van der Waals surface area contributed by atoms with Crippen LogP contribution in [0, 0.1) is 0 Å². The van der Waals surface area contributed by atoms with Crippen LogP contribution in [-0.2, 0) is 0 Å². The molecule has 2 aliphatic heterocycles. The number of halogens is 3. The van der Waals surface area contributed by atoms with E-state index < -0.39 is 18.3 Å². The highest BCUT2D eigenvalue weighted by Gasteiger charge is 2.47. The molecular weight excluding hydrogens is 397 g/mol. The van der Waals surface area contributed by atoms with Crippen molar-refractivity contribution < 1.29 is 22.7 Å². The Balaban J connectivity index is 1.70. The summed E-state index contributed by atoms with van der Waals surface area (Å²) in [6.07, 6.45) is 0.485. The number of hydrogen-bond donors (Lipinski definition) is 1. The molecule has 162 valence electrons. The smallest absolute Gasteiger partial charge is 0.410 e. The Morgan fingerprint density at radius 1 is 1.20 bits per heavy atom. The van der Waals surface area contributed by atoms with E-state index in [1.807, 2.05) is 0 Å². The first-order valence-electron chi connectivity index (χ1n) is 10.2. The monoisotopic (exact) mass is 422 g/mol.